The van der Waals surface area contributed by atoms with Crippen LogP contribution in [0.2, 0.25) is 0 Å². The van der Waals surface area contributed by atoms with Crippen molar-refractivity contribution in [1.82, 2.24) is 9.88 Å². The Balaban J connectivity index is 1.96. The third-order valence-electron chi connectivity index (χ3n) is 2.99. The Morgan fingerprint density at radius 2 is 2.30 bits per heavy atom. The molecule has 1 amide bonds. The molecule has 1 heterocycles. The van der Waals surface area contributed by atoms with Crippen LogP contribution in [0.25, 0.3) is 0 Å². The quantitative estimate of drug-likeness (QED) is 0.410. The molecule has 2 N–H and O–H groups in total. The molecule has 1 aliphatic rings. The van der Waals surface area contributed by atoms with Gasteiger partial charge < -0.3 is 19.7 Å². The molecule has 8 nitrogen and oxygen atoms in total. The molecule has 8 heteroatoms. The van der Waals surface area contributed by atoms with Gasteiger partial charge in [-0.05, 0) is 12.8 Å². The fourth-order valence-corrected chi connectivity index (χ4v) is 1.90. The number of amides is 1. The number of nitrogens with zero attached hydrogens (tertiary/aromatic N) is 2. The molecule has 0 spiro atoms. The zero-order chi connectivity index (χ0) is 14.5. The van der Waals surface area contributed by atoms with Crippen LogP contribution in [0.3, 0.4) is 0 Å². The van der Waals surface area contributed by atoms with Crippen molar-refractivity contribution in [3.8, 4) is 0 Å². The number of hydrogen-bond donors (Lipinski definition) is 2. The van der Waals surface area contributed by atoms with Gasteiger partial charge in [-0.2, -0.15) is 0 Å². The molecule has 1 aromatic heterocycles. The minimum absolute atomic E-state index is 0.0648. The third kappa shape index (κ3) is 3.55. The van der Waals surface area contributed by atoms with E-state index >= 15 is 0 Å². The Hall–Kier alpha value is -1.93. The van der Waals surface area contributed by atoms with Gasteiger partial charge >= 0.3 is 0 Å². The summed E-state index contributed by atoms with van der Waals surface area (Å²) in [5.74, 6) is -0.349. The molecule has 0 saturated heterocycles. The second-order valence-corrected chi connectivity index (χ2v) is 4.57. The number of ether oxygens (including phenoxy) is 1. The number of carbonyl (C=O) groups excluding carboxylic acids is 1. The fourth-order valence-electron chi connectivity index (χ4n) is 1.90. The second kappa shape index (κ2) is 6.49. The van der Waals surface area contributed by atoms with Gasteiger partial charge in [-0.3, -0.25) is 14.9 Å². The van der Waals surface area contributed by atoms with E-state index in [9.17, 15) is 14.9 Å². The Morgan fingerprint density at radius 3 is 2.90 bits per heavy atom. The third-order valence-corrected chi connectivity index (χ3v) is 2.99. The van der Waals surface area contributed by atoms with E-state index in [0.717, 1.165) is 12.8 Å². The van der Waals surface area contributed by atoms with Crippen molar-refractivity contribution >= 4 is 11.6 Å². The smallest absolute Gasteiger partial charge is 0.287 e. The van der Waals surface area contributed by atoms with Crippen molar-refractivity contribution < 1.29 is 19.6 Å². The molecule has 0 atom stereocenters. The van der Waals surface area contributed by atoms with Gasteiger partial charge in [0.05, 0.1) is 30.9 Å². The first kappa shape index (κ1) is 14.5. The van der Waals surface area contributed by atoms with Gasteiger partial charge in [0.2, 0.25) is 0 Å². The van der Waals surface area contributed by atoms with Crippen LogP contribution in [-0.2, 0) is 4.74 Å². The first-order valence-electron chi connectivity index (χ1n) is 6.46. The molecule has 0 aliphatic heterocycles. The van der Waals surface area contributed by atoms with E-state index in [2.05, 4.69) is 5.32 Å². The molecule has 1 fully saturated rings. The SMILES string of the molecule is O=C(NCCOCCO)c1cc([N+](=O)[O-])cn1C1CC1. The average molecular weight is 283 g/mol. The Labute approximate surface area is 115 Å². The van der Waals surface area contributed by atoms with Crippen molar-refractivity contribution in [2.75, 3.05) is 26.4 Å². The van der Waals surface area contributed by atoms with E-state index in [-0.39, 0.29) is 30.9 Å². The van der Waals surface area contributed by atoms with Crippen molar-refractivity contribution in [2.24, 2.45) is 0 Å². The standard InChI is InChI=1S/C12H17N3O5/c16-4-6-20-5-3-13-12(17)11-7-10(15(18)19)8-14(11)9-1-2-9/h7-9,16H,1-6H2,(H,13,17). The highest BCUT2D eigenvalue weighted by molar-refractivity contribution is 5.93. The minimum atomic E-state index is -0.500. The normalized spacial score (nSPS) is 14.2. The number of rotatable bonds is 8. The lowest BCUT2D eigenvalue weighted by Crippen LogP contribution is -2.29. The fraction of sp³-hybridized carbons (Fsp3) is 0.583. The Bertz CT molecular complexity index is 495. The maximum Gasteiger partial charge on any atom is 0.287 e. The van der Waals surface area contributed by atoms with Crippen molar-refractivity contribution in [3.05, 3.63) is 28.1 Å². The first-order chi connectivity index (χ1) is 9.63. The molecule has 1 saturated carbocycles. The molecular weight excluding hydrogens is 266 g/mol. The molecule has 0 aromatic carbocycles. The molecule has 1 aromatic rings. The topological polar surface area (TPSA) is 107 Å². The molecule has 0 unspecified atom stereocenters. The van der Waals surface area contributed by atoms with Crippen LogP contribution in [0.1, 0.15) is 29.4 Å². The minimum Gasteiger partial charge on any atom is -0.394 e. The van der Waals surface area contributed by atoms with Gasteiger partial charge in [0.15, 0.2) is 0 Å². The molecule has 20 heavy (non-hydrogen) atoms. The van der Waals surface area contributed by atoms with Gasteiger partial charge in [-0.15, -0.1) is 0 Å². The number of hydrogen-bond acceptors (Lipinski definition) is 5. The summed E-state index contributed by atoms with van der Waals surface area (Å²) in [6.45, 7) is 0.742. The first-order valence-corrected chi connectivity index (χ1v) is 6.46. The maximum atomic E-state index is 12.0. The zero-order valence-electron chi connectivity index (χ0n) is 10.9. The molecular formula is C12H17N3O5. The lowest BCUT2D eigenvalue weighted by molar-refractivity contribution is -0.384. The predicted molar refractivity (Wildman–Crippen MR) is 69.6 cm³/mol. The van der Waals surface area contributed by atoms with Crippen LogP contribution in [0.4, 0.5) is 5.69 Å². The van der Waals surface area contributed by atoms with Crippen LogP contribution >= 0.6 is 0 Å². The monoisotopic (exact) mass is 283 g/mol. The summed E-state index contributed by atoms with van der Waals surface area (Å²) in [4.78, 5) is 22.3. The largest absolute Gasteiger partial charge is 0.394 e. The van der Waals surface area contributed by atoms with Gasteiger partial charge in [0.25, 0.3) is 11.6 Å². The summed E-state index contributed by atoms with van der Waals surface area (Å²) in [5.41, 5.74) is 0.236. The zero-order valence-corrected chi connectivity index (χ0v) is 10.9. The van der Waals surface area contributed by atoms with Gasteiger partial charge in [0, 0.05) is 18.7 Å². The average Bonchev–Trinajstić information content (AvgIpc) is 3.16. The highest BCUT2D eigenvalue weighted by Crippen LogP contribution is 2.37. The van der Waals surface area contributed by atoms with E-state index in [4.69, 9.17) is 9.84 Å². The van der Waals surface area contributed by atoms with E-state index < -0.39 is 4.92 Å². The predicted octanol–water partition coefficient (Wildman–Crippen LogP) is 0.470. The van der Waals surface area contributed by atoms with E-state index in [0.29, 0.717) is 18.8 Å². The summed E-state index contributed by atoms with van der Waals surface area (Å²) in [7, 11) is 0. The van der Waals surface area contributed by atoms with Crippen LogP contribution < -0.4 is 5.32 Å². The Kier molecular flexibility index (Phi) is 4.70. The van der Waals surface area contributed by atoms with E-state index in [1.165, 1.54) is 12.3 Å². The van der Waals surface area contributed by atoms with Crippen LogP contribution in [0.5, 0.6) is 0 Å². The summed E-state index contributed by atoms with van der Waals surface area (Å²) >= 11 is 0. The van der Waals surface area contributed by atoms with Crippen molar-refractivity contribution in [1.29, 1.82) is 0 Å². The number of aliphatic hydroxyl groups is 1. The highest BCUT2D eigenvalue weighted by Gasteiger charge is 2.30. The summed E-state index contributed by atoms with van der Waals surface area (Å²) in [5, 5.41) is 22.0. The summed E-state index contributed by atoms with van der Waals surface area (Å²) in [6, 6.07) is 1.48. The maximum absolute atomic E-state index is 12.0. The number of nitro groups is 1. The Morgan fingerprint density at radius 1 is 1.55 bits per heavy atom. The van der Waals surface area contributed by atoms with Crippen LogP contribution in [-0.4, -0.2) is 46.9 Å². The second-order valence-electron chi connectivity index (χ2n) is 4.57. The number of aliphatic hydroxyl groups excluding tert-OH is 1. The van der Waals surface area contributed by atoms with Crippen LogP contribution in [0, 0.1) is 10.1 Å². The number of nitrogens with one attached hydrogen (secondary N) is 1. The molecule has 0 bridgehead atoms. The summed E-state index contributed by atoms with van der Waals surface area (Å²) < 4.78 is 6.69. The van der Waals surface area contributed by atoms with Gasteiger partial charge in [0.1, 0.15) is 5.69 Å². The highest BCUT2D eigenvalue weighted by atomic mass is 16.6. The van der Waals surface area contributed by atoms with Gasteiger partial charge in [-0.25, -0.2) is 0 Å². The van der Waals surface area contributed by atoms with Gasteiger partial charge in [-0.1, -0.05) is 0 Å². The lowest BCUT2D eigenvalue weighted by atomic mass is 10.3. The molecule has 2 rings (SSSR count). The number of aromatic nitrogens is 1. The van der Waals surface area contributed by atoms with E-state index in [1.807, 2.05) is 0 Å². The molecule has 1 aliphatic carbocycles. The van der Waals surface area contributed by atoms with Crippen LogP contribution in [0.15, 0.2) is 12.3 Å². The van der Waals surface area contributed by atoms with E-state index in [1.54, 1.807) is 4.57 Å². The summed E-state index contributed by atoms with van der Waals surface area (Å²) in [6.07, 6.45) is 3.28. The molecule has 0 radical (unpaired) electrons. The number of carbonyl (C=O) groups is 1. The molecule has 110 valence electrons. The van der Waals surface area contributed by atoms with Crippen molar-refractivity contribution in [3.63, 3.8) is 0 Å². The van der Waals surface area contributed by atoms with Crippen molar-refractivity contribution in [2.45, 2.75) is 18.9 Å². The lowest BCUT2D eigenvalue weighted by Gasteiger charge is -2.08.